The number of carbonyl (C=O) groups is 1. The van der Waals surface area contributed by atoms with Crippen molar-refractivity contribution < 1.29 is 35.7 Å². The molecule has 0 aliphatic heterocycles. The molecule has 39 heavy (non-hydrogen) atoms. The third-order valence-corrected chi connectivity index (χ3v) is 9.39. The second-order valence-electron chi connectivity index (χ2n) is 8.77. The monoisotopic (exact) mass is 612 g/mol. The number of hydrogen-bond acceptors (Lipinski definition) is 9. The number of benzene rings is 2. The third kappa shape index (κ3) is 7.37. The fourth-order valence-electron chi connectivity index (χ4n) is 3.91. The van der Waals surface area contributed by atoms with E-state index in [0.717, 1.165) is 17.6 Å². The lowest BCUT2D eigenvalue weighted by Gasteiger charge is -2.15. The van der Waals surface area contributed by atoms with Crippen LogP contribution in [0.1, 0.15) is 40.2 Å². The Labute approximate surface area is 234 Å². The molecule has 4 rings (SSSR count). The number of aromatic nitrogens is 2. The van der Waals surface area contributed by atoms with Gasteiger partial charge in [-0.3, -0.25) is 8.75 Å². The van der Waals surface area contributed by atoms with Crippen molar-refractivity contribution in [3.63, 3.8) is 0 Å². The number of thiophene rings is 1. The van der Waals surface area contributed by atoms with Crippen LogP contribution in [0.5, 0.6) is 5.75 Å². The zero-order valence-corrected chi connectivity index (χ0v) is 24.1. The number of aromatic carboxylic acids is 1. The van der Waals surface area contributed by atoms with Gasteiger partial charge in [0.1, 0.15) is 23.2 Å². The Hall–Kier alpha value is -2.97. The zero-order chi connectivity index (χ0) is 28.4. The molecule has 0 saturated heterocycles. The summed E-state index contributed by atoms with van der Waals surface area (Å²) in [6, 6.07) is 13.8. The van der Waals surface area contributed by atoms with Crippen LogP contribution in [0.15, 0.2) is 54.9 Å². The minimum atomic E-state index is -3.63. The van der Waals surface area contributed by atoms with Gasteiger partial charge in [-0.2, -0.15) is 8.42 Å². The van der Waals surface area contributed by atoms with Gasteiger partial charge in [0.05, 0.1) is 35.4 Å². The maximum Gasteiger partial charge on any atom is 0.349 e. The molecule has 1 atom stereocenters. The quantitative estimate of drug-likeness (QED) is 0.175. The average molecular weight is 613 g/mol. The van der Waals surface area contributed by atoms with E-state index >= 15 is 0 Å². The van der Waals surface area contributed by atoms with Crippen molar-refractivity contribution in [3.8, 4) is 10.8 Å². The summed E-state index contributed by atoms with van der Waals surface area (Å²) in [5.41, 5.74) is 2.40. The molecule has 14 heteroatoms. The van der Waals surface area contributed by atoms with E-state index in [1.54, 1.807) is 54.0 Å². The molecular formula is C25H25ClN2O8S3. The van der Waals surface area contributed by atoms with Crippen molar-refractivity contribution in [2.24, 2.45) is 0 Å². The van der Waals surface area contributed by atoms with E-state index in [9.17, 15) is 26.7 Å². The Balaban J connectivity index is 1.58. The van der Waals surface area contributed by atoms with Crippen LogP contribution in [0, 0.1) is 0 Å². The highest BCUT2D eigenvalue weighted by Gasteiger charge is 2.22. The van der Waals surface area contributed by atoms with Gasteiger partial charge in [0, 0.05) is 16.7 Å². The minimum Gasteiger partial charge on any atom is -0.484 e. The van der Waals surface area contributed by atoms with Gasteiger partial charge in [0.25, 0.3) is 10.1 Å². The van der Waals surface area contributed by atoms with Gasteiger partial charge in [-0.05, 0) is 37.1 Å². The first kappa shape index (κ1) is 29.0. The SMILES string of the molecule is C[C@@H](Oc1cc(-n2cnc3ccc(CS(=O)(=O)CCCOS(C)(=O)=O)cc32)sc1C(=O)O)c1ccccc1Cl. The van der Waals surface area contributed by atoms with E-state index in [-0.39, 0.29) is 35.2 Å². The lowest BCUT2D eigenvalue weighted by molar-refractivity contribution is 0.0695. The molecule has 0 bridgehead atoms. The van der Waals surface area contributed by atoms with E-state index in [4.69, 9.17) is 16.3 Å². The third-order valence-electron chi connectivity index (χ3n) is 5.66. The fourth-order valence-corrected chi connectivity index (χ4v) is 6.92. The van der Waals surface area contributed by atoms with Crippen molar-refractivity contribution in [2.75, 3.05) is 18.6 Å². The number of fused-ring (bicyclic) bond motifs is 1. The number of ether oxygens (including phenoxy) is 1. The molecule has 4 aromatic rings. The fraction of sp³-hybridized carbons (Fsp3) is 0.280. The van der Waals surface area contributed by atoms with Gasteiger partial charge in [-0.25, -0.2) is 18.2 Å². The van der Waals surface area contributed by atoms with Crippen molar-refractivity contribution in [3.05, 3.63) is 75.9 Å². The van der Waals surface area contributed by atoms with E-state index in [2.05, 4.69) is 9.17 Å². The maximum absolute atomic E-state index is 12.6. The molecule has 0 unspecified atom stereocenters. The molecule has 0 spiro atoms. The van der Waals surface area contributed by atoms with Crippen LogP contribution < -0.4 is 4.74 Å². The molecule has 2 aromatic heterocycles. The number of nitrogens with zero attached hydrogens (tertiary/aromatic N) is 2. The second-order valence-corrected chi connectivity index (χ2v) is 14.0. The zero-order valence-electron chi connectivity index (χ0n) is 20.9. The number of halogens is 1. The van der Waals surface area contributed by atoms with Crippen LogP contribution in [0.4, 0.5) is 0 Å². The van der Waals surface area contributed by atoms with Gasteiger partial charge in [0.2, 0.25) is 0 Å². The molecule has 10 nitrogen and oxygen atoms in total. The van der Waals surface area contributed by atoms with E-state index in [1.807, 2.05) is 6.07 Å². The molecule has 0 amide bonds. The van der Waals surface area contributed by atoms with Crippen molar-refractivity contribution in [1.29, 1.82) is 0 Å². The Kier molecular flexibility index (Phi) is 8.66. The van der Waals surface area contributed by atoms with Crippen LogP contribution >= 0.6 is 22.9 Å². The molecule has 0 saturated carbocycles. The van der Waals surface area contributed by atoms with Crippen molar-refractivity contribution in [1.82, 2.24) is 9.55 Å². The predicted molar refractivity (Wildman–Crippen MR) is 149 cm³/mol. The first-order valence-corrected chi connectivity index (χ1v) is 16.5. The Bertz CT molecular complexity index is 1730. The van der Waals surface area contributed by atoms with Crippen molar-refractivity contribution in [2.45, 2.75) is 25.2 Å². The molecular weight excluding hydrogens is 588 g/mol. The topological polar surface area (TPSA) is 142 Å². The Morgan fingerprint density at radius 3 is 2.59 bits per heavy atom. The van der Waals surface area contributed by atoms with Gasteiger partial charge < -0.3 is 9.84 Å². The summed E-state index contributed by atoms with van der Waals surface area (Å²) in [7, 11) is -7.18. The second kappa shape index (κ2) is 11.6. The Morgan fingerprint density at radius 1 is 1.15 bits per heavy atom. The highest BCUT2D eigenvalue weighted by atomic mass is 35.5. The van der Waals surface area contributed by atoms with Gasteiger partial charge in [-0.15, -0.1) is 11.3 Å². The molecule has 0 radical (unpaired) electrons. The number of imidazole rings is 1. The average Bonchev–Trinajstić information content (AvgIpc) is 3.45. The van der Waals surface area contributed by atoms with E-state index in [1.165, 1.54) is 6.33 Å². The normalized spacial score (nSPS) is 13.0. The first-order chi connectivity index (χ1) is 18.3. The van der Waals surface area contributed by atoms with Gasteiger partial charge in [-0.1, -0.05) is 35.9 Å². The highest BCUT2D eigenvalue weighted by Crippen LogP contribution is 2.37. The summed E-state index contributed by atoms with van der Waals surface area (Å²) in [6.07, 6.45) is 1.96. The molecule has 2 aromatic carbocycles. The van der Waals surface area contributed by atoms with Crippen LogP contribution in [-0.2, 0) is 29.9 Å². The lowest BCUT2D eigenvalue weighted by atomic mass is 10.1. The van der Waals surface area contributed by atoms with Crippen LogP contribution in [0.3, 0.4) is 0 Å². The standard InChI is InChI=1S/C25H25ClN2O8S3/c1-16(18-6-3-4-7-19(18)26)36-22-13-23(37-24(22)25(29)30)28-15-27-20-9-8-17(12-21(20)28)14-39(33,34)11-5-10-35-38(2,31)32/h3-4,6-9,12-13,15-16H,5,10-11,14H2,1-2H3,(H,29,30)/t16-/m1/s1. The lowest BCUT2D eigenvalue weighted by Crippen LogP contribution is -2.13. The summed E-state index contributed by atoms with van der Waals surface area (Å²) in [4.78, 5) is 16.4. The summed E-state index contributed by atoms with van der Waals surface area (Å²) in [5, 5.41) is 10.8. The Morgan fingerprint density at radius 2 is 1.90 bits per heavy atom. The number of carboxylic acid groups (broad SMARTS) is 1. The smallest absolute Gasteiger partial charge is 0.349 e. The number of hydrogen-bond donors (Lipinski definition) is 1. The maximum atomic E-state index is 12.6. The number of sulfone groups is 1. The summed E-state index contributed by atoms with van der Waals surface area (Å²) in [5.74, 6) is -1.48. The molecule has 2 heterocycles. The molecule has 0 fully saturated rings. The minimum absolute atomic E-state index is 0.000739. The molecule has 0 aliphatic carbocycles. The van der Waals surface area contributed by atoms with Crippen LogP contribution in [-0.4, -0.2) is 56.1 Å². The van der Waals surface area contributed by atoms with Crippen LogP contribution in [0.25, 0.3) is 16.0 Å². The summed E-state index contributed by atoms with van der Waals surface area (Å²) >= 11 is 7.27. The van der Waals surface area contributed by atoms with E-state index < -0.39 is 32.0 Å². The molecule has 208 valence electrons. The van der Waals surface area contributed by atoms with Crippen molar-refractivity contribution >= 4 is 59.9 Å². The summed E-state index contributed by atoms with van der Waals surface area (Å²) < 4.78 is 59.6. The van der Waals surface area contributed by atoms with Gasteiger partial charge in [0.15, 0.2) is 14.7 Å². The highest BCUT2D eigenvalue weighted by molar-refractivity contribution is 7.90. The predicted octanol–water partition coefficient (Wildman–Crippen LogP) is 4.86. The summed E-state index contributed by atoms with van der Waals surface area (Å²) in [6.45, 7) is 1.56. The van der Waals surface area contributed by atoms with Crippen LogP contribution in [0.2, 0.25) is 5.02 Å². The first-order valence-electron chi connectivity index (χ1n) is 11.6. The number of rotatable bonds is 12. The van der Waals surface area contributed by atoms with Gasteiger partial charge >= 0.3 is 5.97 Å². The number of carboxylic acids is 1. The van der Waals surface area contributed by atoms with E-state index in [0.29, 0.717) is 32.2 Å². The molecule has 1 N–H and O–H groups in total. The molecule has 0 aliphatic rings. The largest absolute Gasteiger partial charge is 0.484 e.